The minimum atomic E-state index is -0.0822. The lowest BCUT2D eigenvalue weighted by molar-refractivity contribution is -0.121. The Labute approximate surface area is 136 Å². The smallest absolute Gasteiger partial charge is 0.226 e. The van der Waals surface area contributed by atoms with Crippen molar-refractivity contribution in [2.24, 2.45) is 0 Å². The van der Waals surface area contributed by atoms with E-state index in [1.54, 1.807) is 0 Å². The molecule has 0 fully saturated rings. The maximum Gasteiger partial charge on any atom is 0.226 e. The number of hydrogen-bond donors (Lipinski definition) is 1. The van der Waals surface area contributed by atoms with Crippen LogP contribution in [0.5, 0.6) is 0 Å². The first kappa shape index (κ1) is 14.8. The van der Waals surface area contributed by atoms with Crippen molar-refractivity contribution < 1.29 is 9.32 Å². The van der Waals surface area contributed by atoms with Crippen LogP contribution in [0.2, 0.25) is 0 Å². The van der Waals surface area contributed by atoms with E-state index < -0.39 is 0 Å². The molecule has 0 aliphatic heterocycles. The first-order valence-corrected chi connectivity index (χ1v) is 7.81. The highest BCUT2D eigenvalue weighted by molar-refractivity contribution is 9.10. The van der Waals surface area contributed by atoms with Crippen LogP contribution < -0.4 is 5.32 Å². The summed E-state index contributed by atoms with van der Waals surface area (Å²) in [6.07, 6.45) is 0.200. The van der Waals surface area contributed by atoms with E-state index in [4.69, 9.17) is 4.52 Å². The molecule has 22 heavy (non-hydrogen) atoms. The molecule has 1 atom stereocenters. The zero-order chi connectivity index (χ0) is 15.5. The minimum absolute atomic E-state index is 0.0812. The third-order valence-corrected chi connectivity index (χ3v) is 4.25. The molecule has 0 aliphatic rings. The predicted octanol–water partition coefficient (Wildman–Crippen LogP) is 4.01. The third-order valence-electron chi connectivity index (χ3n) is 3.53. The van der Waals surface area contributed by atoms with Crippen LogP contribution in [-0.2, 0) is 11.2 Å². The normalized spacial score (nSPS) is 12.3. The van der Waals surface area contributed by atoms with Gasteiger partial charge in [-0.1, -0.05) is 51.4 Å². The Morgan fingerprint density at radius 2 is 1.95 bits per heavy atom. The number of benzene rings is 2. The zero-order valence-electron chi connectivity index (χ0n) is 12.0. The number of carbonyl (C=O) groups excluding carboxylic acids is 1. The van der Waals surface area contributed by atoms with Gasteiger partial charge < -0.3 is 9.84 Å². The molecule has 0 spiro atoms. The zero-order valence-corrected chi connectivity index (χ0v) is 13.6. The molecule has 1 amide bonds. The molecule has 4 nitrogen and oxygen atoms in total. The molecule has 112 valence electrons. The molecule has 1 N–H and O–H groups in total. The van der Waals surface area contributed by atoms with E-state index >= 15 is 0 Å². The van der Waals surface area contributed by atoms with Crippen molar-refractivity contribution in [2.45, 2.75) is 19.4 Å². The topological polar surface area (TPSA) is 55.1 Å². The highest BCUT2D eigenvalue weighted by Gasteiger charge is 2.15. The van der Waals surface area contributed by atoms with E-state index in [0.717, 1.165) is 15.4 Å². The first-order valence-electron chi connectivity index (χ1n) is 7.02. The van der Waals surface area contributed by atoms with Crippen LogP contribution in [0.15, 0.2) is 57.5 Å². The van der Waals surface area contributed by atoms with E-state index in [-0.39, 0.29) is 18.4 Å². The van der Waals surface area contributed by atoms with Gasteiger partial charge in [0.1, 0.15) is 5.69 Å². The van der Waals surface area contributed by atoms with E-state index in [2.05, 4.69) is 26.4 Å². The van der Waals surface area contributed by atoms with Crippen LogP contribution in [-0.4, -0.2) is 11.1 Å². The highest BCUT2D eigenvalue weighted by atomic mass is 79.9. The van der Waals surface area contributed by atoms with Gasteiger partial charge in [-0.3, -0.25) is 4.79 Å². The molecule has 1 heterocycles. The van der Waals surface area contributed by atoms with E-state index in [9.17, 15) is 4.79 Å². The third kappa shape index (κ3) is 3.04. The van der Waals surface area contributed by atoms with Gasteiger partial charge in [0.15, 0.2) is 5.58 Å². The number of para-hydroxylation sites is 1. The minimum Gasteiger partial charge on any atom is -0.356 e. The number of amides is 1. The summed E-state index contributed by atoms with van der Waals surface area (Å²) in [5.74, 6) is -0.0812. The Hall–Kier alpha value is -2.14. The fraction of sp³-hybridized carbons (Fsp3) is 0.176. The lowest BCUT2D eigenvalue weighted by Gasteiger charge is -2.15. The number of aromatic nitrogens is 1. The van der Waals surface area contributed by atoms with Crippen LogP contribution in [0.1, 0.15) is 24.2 Å². The molecule has 1 unspecified atom stereocenters. The number of carbonyl (C=O) groups is 1. The molecule has 0 saturated carbocycles. The summed E-state index contributed by atoms with van der Waals surface area (Å²) in [5.41, 5.74) is 2.40. The Morgan fingerprint density at radius 3 is 2.77 bits per heavy atom. The molecule has 0 radical (unpaired) electrons. The molecule has 0 aliphatic carbocycles. The van der Waals surface area contributed by atoms with Crippen LogP contribution in [0.3, 0.4) is 0 Å². The summed E-state index contributed by atoms with van der Waals surface area (Å²) >= 11 is 3.50. The van der Waals surface area contributed by atoms with Gasteiger partial charge in [0.05, 0.1) is 12.5 Å². The van der Waals surface area contributed by atoms with Crippen molar-refractivity contribution in [3.63, 3.8) is 0 Å². The van der Waals surface area contributed by atoms with Gasteiger partial charge in [-0.05, 0) is 30.7 Å². The number of nitrogens with zero attached hydrogens (tertiary/aromatic N) is 1. The molecule has 3 aromatic rings. The van der Waals surface area contributed by atoms with Crippen molar-refractivity contribution in [3.8, 4) is 0 Å². The molecule has 0 bridgehead atoms. The standard InChI is InChI=1S/C17H15BrN2O2/c1-11(12-6-2-4-8-14(12)18)19-17(21)10-15-13-7-3-5-9-16(13)22-20-15/h2-9,11H,10H2,1H3,(H,19,21). The molecule has 5 heteroatoms. The Bertz CT molecular complexity index is 813. The number of rotatable bonds is 4. The van der Waals surface area contributed by atoms with Crippen molar-refractivity contribution in [3.05, 3.63) is 64.3 Å². The second-order valence-electron chi connectivity index (χ2n) is 5.11. The fourth-order valence-corrected chi connectivity index (χ4v) is 3.04. The predicted molar refractivity (Wildman–Crippen MR) is 88.4 cm³/mol. The summed E-state index contributed by atoms with van der Waals surface area (Å²) in [7, 11) is 0. The molecular formula is C17H15BrN2O2. The van der Waals surface area contributed by atoms with Crippen molar-refractivity contribution in [2.75, 3.05) is 0 Å². The van der Waals surface area contributed by atoms with Crippen LogP contribution in [0, 0.1) is 0 Å². The van der Waals surface area contributed by atoms with Crippen molar-refractivity contribution in [1.29, 1.82) is 0 Å². The summed E-state index contributed by atoms with van der Waals surface area (Å²) < 4.78 is 6.20. The number of nitrogens with one attached hydrogen (secondary N) is 1. The maximum atomic E-state index is 12.2. The number of fused-ring (bicyclic) bond motifs is 1. The monoisotopic (exact) mass is 358 g/mol. The maximum absolute atomic E-state index is 12.2. The number of halogens is 1. The second kappa shape index (κ2) is 6.32. The summed E-state index contributed by atoms with van der Waals surface area (Å²) in [5, 5.41) is 7.86. The first-order chi connectivity index (χ1) is 10.6. The largest absolute Gasteiger partial charge is 0.356 e. The lowest BCUT2D eigenvalue weighted by atomic mass is 10.1. The quantitative estimate of drug-likeness (QED) is 0.766. The van der Waals surface area contributed by atoms with Crippen molar-refractivity contribution >= 4 is 32.8 Å². The summed E-state index contributed by atoms with van der Waals surface area (Å²) in [4.78, 5) is 12.2. The van der Waals surface area contributed by atoms with Gasteiger partial charge in [0.2, 0.25) is 5.91 Å². The number of hydrogen-bond acceptors (Lipinski definition) is 3. The Morgan fingerprint density at radius 1 is 1.23 bits per heavy atom. The van der Waals surface area contributed by atoms with E-state index in [1.165, 1.54) is 0 Å². The van der Waals surface area contributed by atoms with Gasteiger partial charge in [0, 0.05) is 9.86 Å². The van der Waals surface area contributed by atoms with Gasteiger partial charge >= 0.3 is 0 Å². The highest BCUT2D eigenvalue weighted by Crippen LogP contribution is 2.23. The van der Waals surface area contributed by atoms with Crippen LogP contribution >= 0.6 is 15.9 Å². The van der Waals surface area contributed by atoms with Crippen LogP contribution in [0.25, 0.3) is 11.0 Å². The van der Waals surface area contributed by atoms with Crippen LogP contribution in [0.4, 0.5) is 0 Å². The van der Waals surface area contributed by atoms with Gasteiger partial charge in [-0.15, -0.1) is 0 Å². The van der Waals surface area contributed by atoms with E-state index in [0.29, 0.717) is 11.3 Å². The fourth-order valence-electron chi connectivity index (χ4n) is 2.41. The molecule has 0 saturated heterocycles. The molecule has 1 aromatic heterocycles. The second-order valence-corrected chi connectivity index (χ2v) is 5.97. The molecular weight excluding hydrogens is 344 g/mol. The van der Waals surface area contributed by atoms with Crippen molar-refractivity contribution in [1.82, 2.24) is 10.5 Å². The molecule has 3 rings (SSSR count). The van der Waals surface area contributed by atoms with E-state index in [1.807, 2.05) is 55.5 Å². The summed E-state index contributed by atoms with van der Waals surface area (Å²) in [6.45, 7) is 1.96. The van der Waals surface area contributed by atoms with Gasteiger partial charge in [-0.2, -0.15) is 0 Å². The SMILES string of the molecule is CC(NC(=O)Cc1noc2ccccc12)c1ccccc1Br. The lowest BCUT2D eigenvalue weighted by Crippen LogP contribution is -2.28. The Balaban J connectivity index is 1.71. The van der Waals surface area contributed by atoms with Gasteiger partial charge in [-0.25, -0.2) is 0 Å². The average molecular weight is 359 g/mol. The van der Waals surface area contributed by atoms with Gasteiger partial charge in [0.25, 0.3) is 0 Å². The average Bonchev–Trinajstić information content (AvgIpc) is 2.91. The summed E-state index contributed by atoms with van der Waals surface area (Å²) in [6, 6.07) is 15.3. The Kier molecular flexibility index (Phi) is 4.24. The molecule has 2 aromatic carbocycles.